The van der Waals surface area contributed by atoms with Gasteiger partial charge in [-0.2, -0.15) is 9.78 Å². The molecule has 0 atom stereocenters. The van der Waals surface area contributed by atoms with Gasteiger partial charge >= 0.3 is 0 Å². The molecule has 0 spiro atoms. The van der Waals surface area contributed by atoms with Crippen LogP contribution in [0.4, 0.5) is 0 Å². The van der Waals surface area contributed by atoms with E-state index in [0.717, 1.165) is 25.4 Å². The fraction of sp³-hybridized carbons (Fsp3) is 0.222. The molecular weight excluding hydrogens is 670 g/mol. The maximum Gasteiger partial charge on any atom is 0.282 e. The van der Waals surface area contributed by atoms with Crippen molar-refractivity contribution in [3.63, 3.8) is 0 Å². The fourth-order valence-corrected chi connectivity index (χ4v) is 5.25. The zero-order valence-corrected chi connectivity index (χ0v) is 25.2. The Morgan fingerprint density at radius 1 is 0.973 bits per heavy atom. The van der Waals surface area contributed by atoms with Crippen molar-refractivity contribution < 1.29 is 14.2 Å². The van der Waals surface area contributed by atoms with Crippen molar-refractivity contribution in [1.82, 2.24) is 9.66 Å². The number of halogens is 3. The van der Waals surface area contributed by atoms with E-state index >= 15 is 0 Å². The first-order valence-electron chi connectivity index (χ1n) is 11.4. The first-order chi connectivity index (χ1) is 17.8. The Kier molecular flexibility index (Phi) is 9.04. The van der Waals surface area contributed by atoms with Gasteiger partial charge in [-0.15, -0.1) is 0 Å². The summed E-state index contributed by atoms with van der Waals surface area (Å²) >= 11 is 10.5. The van der Waals surface area contributed by atoms with E-state index in [2.05, 4.69) is 57.9 Å². The fourth-order valence-electron chi connectivity index (χ4n) is 3.73. The third kappa shape index (κ3) is 6.25. The van der Waals surface area contributed by atoms with Gasteiger partial charge in [0, 0.05) is 31.0 Å². The smallest absolute Gasteiger partial charge is 0.282 e. The van der Waals surface area contributed by atoms with E-state index in [1.807, 2.05) is 37.3 Å². The zero-order chi connectivity index (χ0) is 26.5. The number of methoxy groups -OCH3 is 2. The van der Waals surface area contributed by atoms with Gasteiger partial charge in [-0.25, -0.2) is 4.98 Å². The molecule has 1 aromatic heterocycles. The number of aryl methyl sites for hydroxylation is 1. The number of fused-ring (bicyclic) bond motifs is 1. The molecule has 0 aliphatic heterocycles. The Labute approximate surface area is 239 Å². The molecule has 4 rings (SSSR count). The second-order valence-electron chi connectivity index (χ2n) is 8.08. The van der Waals surface area contributed by atoms with Gasteiger partial charge in [-0.1, -0.05) is 60.8 Å². The minimum absolute atomic E-state index is 0.232. The molecule has 1 heterocycles. The van der Waals surface area contributed by atoms with Gasteiger partial charge in [0.15, 0.2) is 11.5 Å². The van der Waals surface area contributed by atoms with Gasteiger partial charge < -0.3 is 14.2 Å². The number of ether oxygens (including phenoxy) is 3. The van der Waals surface area contributed by atoms with Gasteiger partial charge in [-0.3, -0.25) is 4.79 Å². The minimum atomic E-state index is -0.232. The van der Waals surface area contributed by atoms with E-state index in [1.54, 1.807) is 38.6 Å². The standard InChI is InChI=1S/C27H24Br3N3O4/c1-4-5-25-32-22-9-8-18(28)12-20(22)27(34)33(25)31-14-16-10-23(35-2)26(24(11-16)36-3)37-15-17-6-7-19(29)13-21(17)30/h6-14H,4-5,15H2,1-3H3. The number of nitrogens with zero attached hydrogens (tertiary/aromatic N) is 3. The Bertz CT molecular complexity index is 1510. The van der Waals surface area contributed by atoms with Crippen LogP contribution in [0.3, 0.4) is 0 Å². The second-order valence-corrected chi connectivity index (χ2v) is 10.8. The number of hydrogen-bond acceptors (Lipinski definition) is 6. The molecule has 37 heavy (non-hydrogen) atoms. The summed E-state index contributed by atoms with van der Waals surface area (Å²) in [6, 6.07) is 14.9. The highest BCUT2D eigenvalue weighted by Gasteiger charge is 2.16. The molecule has 0 radical (unpaired) electrons. The number of benzene rings is 3. The van der Waals surface area contributed by atoms with E-state index in [1.165, 1.54) is 4.68 Å². The summed E-state index contributed by atoms with van der Waals surface area (Å²) in [6.07, 6.45) is 3.03. The average Bonchev–Trinajstić information content (AvgIpc) is 2.88. The summed E-state index contributed by atoms with van der Waals surface area (Å²) in [7, 11) is 3.13. The van der Waals surface area contributed by atoms with Gasteiger partial charge in [-0.05, 0) is 48.9 Å². The van der Waals surface area contributed by atoms with Crippen molar-refractivity contribution in [2.75, 3.05) is 14.2 Å². The van der Waals surface area contributed by atoms with Crippen molar-refractivity contribution in [1.29, 1.82) is 0 Å². The molecule has 192 valence electrons. The van der Waals surface area contributed by atoms with Crippen molar-refractivity contribution in [2.24, 2.45) is 5.10 Å². The van der Waals surface area contributed by atoms with Crippen LogP contribution >= 0.6 is 47.8 Å². The lowest BCUT2D eigenvalue weighted by Crippen LogP contribution is -2.22. The molecule has 4 aromatic rings. The van der Waals surface area contributed by atoms with Crippen LogP contribution in [0.25, 0.3) is 10.9 Å². The summed E-state index contributed by atoms with van der Waals surface area (Å²) in [6.45, 7) is 2.34. The van der Waals surface area contributed by atoms with Gasteiger partial charge in [0.1, 0.15) is 12.4 Å². The highest BCUT2D eigenvalue weighted by atomic mass is 79.9. The molecule has 0 aliphatic rings. The van der Waals surface area contributed by atoms with Crippen LogP contribution in [-0.4, -0.2) is 30.1 Å². The van der Waals surface area contributed by atoms with Crippen molar-refractivity contribution in [2.45, 2.75) is 26.4 Å². The second kappa shape index (κ2) is 12.2. The lowest BCUT2D eigenvalue weighted by molar-refractivity contribution is 0.265. The van der Waals surface area contributed by atoms with Crippen LogP contribution in [0.2, 0.25) is 0 Å². The molecule has 0 N–H and O–H groups in total. The third-order valence-electron chi connectivity index (χ3n) is 5.54. The Hall–Kier alpha value is -2.69. The highest BCUT2D eigenvalue weighted by molar-refractivity contribution is 9.11. The van der Waals surface area contributed by atoms with Crippen LogP contribution in [0.5, 0.6) is 17.2 Å². The SMILES string of the molecule is CCCc1nc2ccc(Br)cc2c(=O)n1N=Cc1cc(OC)c(OCc2ccc(Br)cc2Br)c(OC)c1. The minimum Gasteiger partial charge on any atom is -0.493 e. The summed E-state index contributed by atoms with van der Waals surface area (Å²) in [5.74, 6) is 2.03. The van der Waals surface area contributed by atoms with Crippen molar-refractivity contribution >= 4 is 64.9 Å². The number of rotatable bonds is 9. The molecule has 0 bridgehead atoms. The van der Waals surface area contributed by atoms with Crippen LogP contribution < -0.4 is 19.8 Å². The van der Waals surface area contributed by atoms with Gasteiger partial charge in [0.25, 0.3) is 5.56 Å². The Balaban J connectivity index is 1.70. The maximum absolute atomic E-state index is 13.3. The largest absolute Gasteiger partial charge is 0.493 e. The summed E-state index contributed by atoms with van der Waals surface area (Å²) in [5, 5.41) is 5.00. The predicted molar refractivity (Wildman–Crippen MR) is 156 cm³/mol. The normalized spacial score (nSPS) is 11.3. The molecule has 10 heteroatoms. The molecule has 7 nitrogen and oxygen atoms in total. The van der Waals surface area contributed by atoms with Crippen LogP contribution in [0.1, 0.15) is 30.3 Å². The monoisotopic (exact) mass is 691 g/mol. The lowest BCUT2D eigenvalue weighted by Gasteiger charge is -2.16. The van der Waals surface area contributed by atoms with E-state index in [0.29, 0.717) is 52.6 Å². The molecule has 0 amide bonds. The quantitative estimate of drug-likeness (QED) is 0.175. The first-order valence-corrected chi connectivity index (χ1v) is 13.8. The number of hydrogen-bond donors (Lipinski definition) is 0. The predicted octanol–water partition coefficient (Wildman–Crippen LogP) is 7.11. The summed E-state index contributed by atoms with van der Waals surface area (Å²) in [4.78, 5) is 18.0. The third-order valence-corrected chi connectivity index (χ3v) is 7.27. The van der Waals surface area contributed by atoms with E-state index in [-0.39, 0.29) is 5.56 Å². The molecule has 0 unspecified atom stereocenters. The first kappa shape index (κ1) is 27.3. The van der Waals surface area contributed by atoms with Crippen molar-refractivity contribution in [3.8, 4) is 17.2 Å². The molecule has 0 saturated carbocycles. The molecule has 3 aromatic carbocycles. The highest BCUT2D eigenvalue weighted by Crippen LogP contribution is 2.39. The van der Waals surface area contributed by atoms with Crippen molar-refractivity contribution in [3.05, 3.63) is 89.3 Å². The van der Waals surface area contributed by atoms with Crippen LogP contribution in [-0.2, 0) is 13.0 Å². The van der Waals surface area contributed by atoms with Crippen LogP contribution in [0, 0.1) is 0 Å². The van der Waals surface area contributed by atoms with Gasteiger partial charge in [0.2, 0.25) is 5.75 Å². The topological polar surface area (TPSA) is 74.9 Å². The average molecular weight is 694 g/mol. The molecule has 0 aliphatic carbocycles. The summed E-state index contributed by atoms with van der Waals surface area (Å²) < 4.78 is 21.4. The van der Waals surface area contributed by atoms with E-state index in [9.17, 15) is 4.79 Å². The molecule has 0 saturated heterocycles. The van der Waals surface area contributed by atoms with E-state index < -0.39 is 0 Å². The Morgan fingerprint density at radius 3 is 2.30 bits per heavy atom. The van der Waals surface area contributed by atoms with Gasteiger partial charge in [0.05, 0.1) is 31.3 Å². The summed E-state index contributed by atoms with van der Waals surface area (Å²) in [5.41, 5.74) is 2.06. The number of aromatic nitrogens is 2. The maximum atomic E-state index is 13.3. The molecular formula is C27H24Br3N3O4. The lowest BCUT2D eigenvalue weighted by atomic mass is 10.2. The Morgan fingerprint density at radius 2 is 1.65 bits per heavy atom. The zero-order valence-electron chi connectivity index (χ0n) is 20.4. The van der Waals surface area contributed by atoms with Crippen LogP contribution in [0.15, 0.2) is 71.8 Å². The van der Waals surface area contributed by atoms with E-state index in [4.69, 9.17) is 14.2 Å². The molecule has 0 fully saturated rings.